The van der Waals surface area contributed by atoms with E-state index in [-0.39, 0.29) is 0 Å². The number of hydrogen-bond donors (Lipinski definition) is 0. The Labute approximate surface area is 130 Å². The molecule has 2 heterocycles. The van der Waals surface area contributed by atoms with Gasteiger partial charge in [-0.1, -0.05) is 36.5 Å². The van der Waals surface area contributed by atoms with Gasteiger partial charge in [-0.25, -0.2) is 0 Å². The van der Waals surface area contributed by atoms with Crippen molar-refractivity contribution in [3.05, 3.63) is 84.0 Å². The number of aromatic nitrogens is 3. The minimum Gasteiger partial charge on any atom is -0.265 e. The van der Waals surface area contributed by atoms with E-state index in [1.54, 1.807) is 0 Å². The Hall–Kier alpha value is -2.68. The van der Waals surface area contributed by atoms with Crippen LogP contribution in [0.1, 0.15) is 29.8 Å². The van der Waals surface area contributed by atoms with Gasteiger partial charge >= 0.3 is 0 Å². The first kappa shape index (κ1) is 13.0. The van der Waals surface area contributed by atoms with Crippen LogP contribution in [0, 0.1) is 0 Å². The van der Waals surface area contributed by atoms with Crippen LogP contribution in [-0.4, -0.2) is 14.8 Å². The second kappa shape index (κ2) is 5.60. The van der Waals surface area contributed by atoms with E-state index < -0.39 is 0 Å². The lowest BCUT2D eigenvalue weighted by Gasteiger charge is -2.08. The smallest absolute Gasteiger partial charge is 0.0892 e. The highest BCUT2D eigenvalue weighted by Crippen LogP contribution is 2.29. The molecular formula is C19H17N3. The maximum Gasteiger partial charge on any atom is 0.0892 e. The van der Waals surface area contributed by atoms with Gasteiger partial charge in [-0.3, -0.25) is 9.67 Å². The molecular weight excluding hydrogens is 270 g/mol. The van der Waals surface area contributed by atoms with Crippen molar-refractivity contribution in [2.45, 2.75) is 19.4 Å². The summed E-state index contributed by atoms with van der Waals surface area (Å²) in [6, 6.07) is 6.31. The molecule has 0 radical (unpaired) electrons. The van der Waals surface area contributed by atoms with Crippen LogP contribution in [0.25, 0.3) is 11.1 Å². The molecule has 2 aliphatic carbocycles. The number of rotatable bonds is 4. The monoisotopic (exact) mass is 287 g/mol. The Morgan fingerprint density at radius 1 is 0.955 bits per heavy atom. The van der Waals surface area contributed by atoms with E-state index in [0.717, 1.165) is 25.1 Å². The van der Waals surface area contributed by atoms with Gasteiger partial charge in [0.2, 0.25) is 0 Å². The lowest BCUT2D eigenvalue weighted by molar-refractivity contribution is 0.673. The molecule has 0 bridgehead atoms. The van der Waals surface area contributed by atoms with Crippen LogP contribution in [0.3, 0.4) is 0 Å². The van der Waals surface area contributed by atoms with Crippen LogP contribution in [0.5, 0.6) is 0 Å². The first-order chi connectivity index (χ1) is 10.9. The summed E-state index contributed by atoms with van der Waals surface area (Å²) in [4.78, 5) is 4.09. The van der Waals surface area contributed by atoms with E-state index in [2.05, 4.69) is 52.2 Å². The molecule has 4 rings (SSSR count). The Morgan fingerprint density at radius 3 is 2.36 bits per heavy atom. The second-order valence-corrected chi connectivity index (χ2v) is 5.58. The summed E-state index contributed by atoms with van der Waals surface area (Å²) in [6.45, 7) is 0.774. The van der Waals surface area contributed by atoms with E-state index in [1.165, 1.54) is 22.4 Å². The van der Waals surface area contributed by atoms with Crippen LogP contribution >= 0.6 is 0 Å². The first-order valence-electron chi connectivity index (χ1n) is 7.59. The van der Waals surface area contributed by atoms with Crippen LogP contribution in [0.15, 0.2) is 67.0 Å². The van der Waals surface area contributed by atoms with Gasteiger partial charge in [0.1, 0.15) is 0 Å². The van der Waals surface area contributed by atoms with Crippen molar-refractivity contribution in [1.82, 2.24) is 14.8 Å². The fraction of sp³-hybridized carbons (Fsp3) is 0.158. The lowest BCUT2D eigenvalue weighted by Crippen LogP contribution is -2.06. The zero-order chi connectivity index (χ0) is 14.8. The second-order valence-electron chi connectivity index (χ2n) is 5.58. The summed E-state index contributed by atoms with van der Waals surface area (Å²) >= 11 is 0. The number of pyridine rings is 1. The summed E-state index contributed by atoms with van der Waals surface area (Å²) in [7, 11) is 0. The third-order valence-electron chi connectivity index (χ3n) is 4.06. The molecule has 108 valence electrons. The van der Waals surface area contributed by atoms with E-state index in [4.69, 9.17) is 5.10 Å². The number of hydrogen-bond acceptors (Lipinski definition) is 2. The summed E-state index contributed by atoms with van der Waals surface area (Å²) < 4.78 is 2.11. The quantitative estimate of drug-likeness (QED) is 0.850. The Balaban J connectivity index is 1.71. The van der Waals surface area contributed by atoms with Crippen molar-refractivity contribution < 1.29 is 0 Å². The predicted molar refractivity (Wildman–Crippen MR) is 89.0 cm³/mol. The minimum atomic E-state index is 0.774. The minimum absolute atomic E-state index is 0.774. The zero-order valence-electron chi connectivity index (χ0n) is 12.3. The standard InChI is InChI=1S/C19H17N3/c1-2-6-16(5-1)18-13-19(17-7-3-4-8-17)22(21-18)14-15-9-11-20-12-10-15/h1-5,7,9-13H,6,8,14H2. The van der Waals surface area contributed by atoms with Crippen LogP contribution in [0.2, 0.25) is 0 Å². The van der Waals surface area contributed by atoms with E-state index >= 15 is 0 Å². The van der Waals surface area contributed by atoms with Gasteiger partial charge in [-0.2, -0.15) is 5.10 Å². The molecule has 0 saturated heterocycles. The third kappa shape index (κ3) is 2.46. The van der Waals surface area contributed by atoms with Crippen molar-refractivity contribution in [2.24, 2.45) is 0 Å². The van der Waals surface area contributed by atoms with Crippen molar-refractivity contribution >= 4 is 11.1 Å². The lowest BCUT2D eigenvalue weighted by atomic mass is 10.1. The molecule has 0 spiro atoms. The first-order valence-corrected chi connectivity index (χ1v) is 7.59. The molecule has 0 amide bonds. The molecule has 3 nitrogen and oxygen atoms in total. The third-order valence-corrected chi connectivity index (χ3v) is 4.06. The molecule has 0 unspecified atom stereocenters. The topological polar surface area (TPSA) is 30.7 Å². The van der Waals surface area contributed by atoms with Gasteiger partial charge in [0.05, 0.1) is 17.9 Å². The Morgan fingerprint density at radius 2 is 1.68 bits per heavy atom. The van der Waals surface area contributed by atoms with Gasteiger partial charge in [-0.05, 0) is 47.8 Å². The van der Waals surface area contributed by atoms with E-state index in [1.807, 2.05) is 24.5 Å². The predicted octanol–water partition coefficient (Wildman–Crippen LogP) is 4.01. The largest absolute Gasteiger partial charge is 0.265 e. The Bertz CT molecular complexity index is 804. The zero-order valence-corrected chi connectivity index (χ0v) is 12.3. The van der Waals surface area contributed by atoms with Crippen LogP contribution < -0.4 is 0 Å². The van der Waals surface area contributed by atoms with Gasteiger partial charge in [0.15, 0.2) is 0 Å². The molecule has 0 aromatic carbocycles. The summed E-state index contributed by atoms with van der Waals surface area (Å²) in [5.74, 6) is 0. The normalized spacial score (nSPS) is 16.2. The molecule has 2 aromatic heterocycles. The fourth-order valence-electron chi connectivity index (χ4n) is 2.89. The summed E-state index contributed by atoms with van der Waals surface area (Å²) in [5.41, 5.74) is 6.14. The number of allylic oxidation sites excluding steroid dienone is 8. The molecule has 22 heavy (non-hydrogen) atoms. The highest BCUT2D eigenvalue weighted by Gasteiger charge is 2.16. The molecule has 0 atom stereocenters. The van der Waals surface area contributed by atoms with Gasteiger partial charge in [-0.15, -0.1) is 0 Å². The van der Waals surface area contributed by atoms with Gasteiger partial charge in [0, 0.05) is 12.4 Å². The molecule has 0 N–H and O–H groups in total. The molecule has 2 aromatic rings. The van der Waals surface area contributed by atoms with Crippen LogP contribution in [-0.2, 0) is 6.54 Å². The maximum absolute atomic E-state index is 4.85. The average Bonchev–Trinajstić information content (AvgIpc) is 3.29. The van der Waals surface area contributed by atoms with E-state index in [9.17, 15) is 0 Å². The average molecular weight is 287 g/mol. The SMILES string of the molecule is C1=CCC(c2cc(C3=CC=CC3)n(Cc3ccncc3)n2)=C1. The fourth-order valence-corrected chi connectivity index (χ4v) is 2.89. The van der Waals surface area contributed by atoms with Crippen molar-refractivity contribution in [3.8, 4) is 0 Å². The highest BCUT2D eigenvalue weighted by molar-refractivity contribution is 5.74. The maximum atomic E-state index is 4.85. The highest BCUT2D eigenvalue weighted by atomic mass is 15.3. The number of nitrogens with zero attached hydrogens (tertiary/aromatic N) is 3. The molecule has 3 heteroatoms. The van der Waals surface area contributed by atoms with Crippen molar-refractivity contribution in [2.75, 3.05) is 0 Å². The Kier molecular flexibility index (Phi) is 3.31. The molecule has 0 fully saturated rings. The molecule has 0 aliphatic heterocycles. The summed E-state index contributed by atoms with van der Waals surface area (Å²) in [5, 5.41) is 4.85. The van der Waals surface area contributed by atoms with Gasteiger partial charge < -0.3 is 0 Å². The van der Waals surface area contributed by atoms with Crippen molar-refractivity contribution in [1.29, 1.82) is 0 Å². The van der Waals surface area contributed by atoms with Crippen molar-refractivity contribution in [3.63, 3.8) is 0 Å². The molecule has 2 aliphatic rings. The van der Waals surface area contributed by atoms with Crippen LogP contribution in [0.4, 0.5) is 0 Å². The van der Waals surface area contributed by atoms with Gasteiger partial charge in [0.25, 0.3) is 0 Å². The van der Waals surface area contributed by atoms with E-state index in [0.29, 0.717) is 0 Å². The summed E-state index contributed by atoms with van der Waals surface area (Å²) in [6.07, 6.45) is 18.6. The molecule has 0 saturated carbocycles.